The number of aromatic nitrogens is 12. The Morgan fingerprint density at radius 1 is 0.591 bits per heavy atom. The van der Waals surface area contributed by atoms with Crippen LogP contribution in [-0.2, 0) is 40.9 Å². The number of aryl methyl sites for hydroxylation is 2. The number of carbonyl (C=O) groups excluding carboxylic acids is 2. The van der Waals surface area contributed by atoms with Crippen molar-refractivity contribution in [2.45, 2.75) is 93.5 Å². The second-order valence-corrected chi connectivity index (χ2v) is 22.6. The van der Waals surface area contributed by atoms with E-state index in [2.05, 4.69) is 51.4 Å². The van der Waals surface area contributed by atoms with E-state index in [1.807, 2.05) is 0 Å². The molecule has 8 aromatic rings. The molecule has 0 spiro atoms. The van der Waals surface area contributed by atoms with Crippen LogP contribution in [0.3, 0.4) is 0 Å². The molecule has 6 heterocycles. The minimum Gasteiger partial charge on any atom is -0.394 e. The van der Waals surface area contributed by atoms with Crippen molar-refractivity contribution in [3.63, 3.8) is 0 Å². The van der Waals surface area contributed by atoms with Crippen LogP contribution < -0.4 is 10.6 Å². The van der Waals surface area contributed by atoms with E-state index in [0.717, 1.165) is 79.7 Å². The van der Waals surface area contributed by atoms with Crippen LogP contribution in [0.5, 0.6) is 0 Å². The minimum atomic E-state index is -4.99. The van der Waals surface area contributed by atoms with Crippen molar-refractivity contribution in [2.75, 3.05) is 39.5 Å². The van der Waals surface area contributed by atoms with Gasteiger partial charge >= 0.3 is 12.4 Å². The predicted molar refractivity (Wildman–Crippen MR) is 303 cm³/mol. The number of hydrogen-bond donors (Lipinski definition) is 6. The zero-order valence-electron chi connectivity index (χ0n) is 47.5. The Hall–Kier alpha value is -7.48. The molecule has 0 saturated carbocycles. The fourth-order valence-electron chi connectivity index (χ4n) is 10.5. The summed E-state index contributed by atoms with van der Waals surface area (Å²) in [4.78, 5) is 36.0. The topological polar surface area (TPSA) is 299 Å². The molecule has 2 fully saturated rings. The Morgan fingerprint density at radius 2 is 0.957 bits per heavy atom. The Morgan fingerprint density at radius 3 is 1.30 bits per heavy atom. The largest absolute Gasteiger partial charge is 0.418 e. The molecule has 24 nitrogen and oxygen atoms in total. The Labute approximate surface area is 536 Å². The van der Waals surface area contributed by atoms with Crippen molar-refractivity contribution >= 4 is 58.2 Å². The van der Waals surface area contributed by atoms with Gasteiger partial charge in [-0.05, 0) is 80.9 Å². The lowest BCUT2D eigenvalue weighted by molar-refractivity contribution is -0.223. The summed E-state index contributed by atoms with van der Waals surface area (Å²) in [6.45, 7) is -1.46. The van der Waals surface area contributed by atoms with E-state index in [4.69, 9.17) is 65.4 Å². The van der Waals surface area contributed by atoms with Gasteiger partial charge < -0.3 is 50.0 Å². The number of alkyl halides is 6. The average Bonchev–Trinajstić information content (AvgIpc) is 1.72. The first-order chi connectivity index (χ1) is 44.0. The summed E-state index contributed by atoms with van der Waals surface area (Å²) >= 11 is 23.8. The molecule has 6 N–H and O–H groups in total. The summed E-state index contributed by atoms with van der Waals surface area (Å²) < 4.78 is 174. The predicted octanol–water partition coefficient (Wildman–Crippen LogP) is 7.35. The number of benzene rings is 4. The molecule has 93 heavy (non-hydrogen) atoms. The van der Waals surface area contributed by atoms with Crippen molar-refractivity contribution in [1.82, 2.24) is 70.2 Å². The van der Waals surface area contributed by atoms with Gasteiger partial charge in [-0.1, -0.05) is 56.8 Å². The normalized spacial score (nSPS) is 21.9. The molecule has 2 saturated heterocycles. The van der Waals surface area contributed by atoms with Crippen LogP contribution >= 0.6 is 46.4 Å². The average molecular weight is 1400 g/mol. The molecule has 0 unspecified atom stereocenters. The van der Waals surface area contributed by atoms with Crippen LogP contribution in [0, 0.1) is 37.1 Å². The molecular weight excluding hydrogens is 1350 g/mol. The van der Waals surface area contributed by atoms with E-state index in [1.54, 1.807) is 0 Å². The fourth-order valence-corrected chi connectivity index (χ4v) is 11.1. The zero-order valence-corrected chi connectivity index (χ0v) is 50.6. The molecule has 0 aliphatic carbocycles. The van der Waals surface area contributed by atoms with Crippen LogP contribution in [-0.4, -0.2) is 168 Å². The molecule has 496 valence electrons. The lowest BCUT2D eigenvalue weighted by Gasteiger charge is -2.43. The fraction of sp³-hybridized carbons (Fsp3) is 0.382. The summed E-state index contributed by atoms with van der Waals surface area (Å²) in [5.74, 6) is -7.49. The third kappa shape index (κ3) is 14.6. The van der Waals surface area contributed by atoms with E-state index < -0.39 is 179 Å². The van der Waals surface area contributed by atoms with E-state index in [9.17, 15) is 73.9 Å². The highest BCUT2D eigenvalue weighted by Gasteiger charge is 2.53. The second kappa shape index (κ2) is 27.8. The summed E-state index contributed by atoms with van der Waals surface area (Å²) in [6, 6.07) is 5.41. The number of amides is 2. The van der Waals surface area contributed by atoms with Crippen LogP contribution in [0.15, 0.2) is 73.1 Å². The van der Waals surface area contributed by atoms with Gasteiger partial charge in [0, 0.05) is 34.3 Å². The number of nitrogens with one attached hydrogen (secondary N) is 2. The number of rotatable bonds is 20. The molecule has 2 aliphatic heterocycles. The highest BCUT2D eigenvalue weighted by atomic mass is 35.5. The van der Waals surface area contributed by atoms with Gasteiger partial charge in [0.25, 0.3) is 0 Å². The maximum Gasteiger partial charge on any atom is 0.418 e. The smallest absolute Gasteiger partial charge is 0.394 e. The first-order valence-corrected chi connectivity index (χ1v) is 29.0. The minimum absolute atomic E-state index is 0.0325. The van der Waals surface area contributed by atoms with Crippen LogP contribution in [0.1, 0.15) is 65.1 Å². The summed E-state index contributed by atoms with van der Waals surface area (Å²) in [5.41, 5.74) is -4.48. The van der Waals surface area contributed by atoms with Crippen molar-refractivity contribution < 1.29 is 92.9 Å². The molecule has 10 rings (SSSR count). The van der Waals surface area contributed by atoms with Gasteiger partial charge in [-0.3, -0.25) is 9.59 Å². The number of hydrogen-bond acceptors (Lipinski definition) is 18. The number of ether oxygens (including phenoxy) is 4. The maximum absolute atomic E-state index is 14.6. The zero-order chi connectivity index (χ0) is 67.1. The Balaban J connectivity index is 0.874. The van der Waals surface area contributed by atoms with Crippen molar-refractivity contribution in [3.8, 4) is 33.9 Å². The molecule has 0 radical (unpaired) electrons. The van der Waals surface area contributed by atoms with E-state index in [-0.39, 0.29) is 63.7 Å². The van der Waals surface area contributed by atoms with E-state index in [0.29, 0.717) is 12.1 Å². The lowest BCUT2D eigenvalue weighted by Crippen LogP contribution is -2.54. The highest BCUT2D eigenvalue weighted by Crippen LogP contribution is 2.45. The lowest BCUT2D eigenvalue weighted by atomic mass is 9.91. The second-order valence-electron chi connectivity index (χ2n) is 21.0. The van der Waals surface area contributed by atoms with Crippen molar-refractivity contribution in [3.05, 3.63) is 151 Å². The summed E-state index contributed by atoms with van der Waals surface area (Å²) in [6.07, 6.45) is -21.6. The monoisotopic (exact) mass is 1390 g/mol. The molecule has 4 aromatic carbocycles. The number of halogens is 14. The van der Waals surface area contributed by atoms with Gasteiger partial charge in [0.1, 0.15) is 130 Å². The molecule has 38 heteroatoms. The summed E-state index contributed by atoms with van der Waals surface area (Å²) in [7, 11) is 0. The Bertz CT molecular complexity index is 3770. The third-order valence-corrected chi connectivity index (χ3v) is 15.9. The van der Waals surface area contributed by atoms with Gasteiger partial charge in [0.15, 0.2) is 11.6 Å². The first-order valence-electron chi connectivity index (χ1n) is 27.4. The van der Waals surface area contributed by atoms with E-state index in [1.165, 1.54) is 13.8 Å². The molecule has 2 aliphatic rings. The number of carbonyl (C=O) groups is 2. The molecule has 10 atom stereocenters. The van der Waals surface area contributed by atoms with Crippen LogP contribution in [0.4, 0.5) is 43.9 Å². The van der Waals surface area contributed by atoms with Crippen molar-refractivity contribution in [1.29, 1.82) is 0 Å². The SMILES string of the molecule is Cc1nc([C@H]2O[C@@H](CO)[C@@H](O)[C@@H](n3cc(-c4cc(F)c(Cl)c(F)c4)nn3)[C@@H]2OCC(=O)NCCCNC(=O)CO[C@@H]2[C@@H](n3cc(-c4cc(F)c(Cl)c(F)c4)nn3)[C@@H](O)[C@@H](CO)O[C@H]2c2nc(C)nn2-c2cc(Cl)ccc2C(F)(F)F)n(-c2cc(Cl)ccc2C(F)(F)F)n1. The van der Waals surface area contributed by atoms with Crippen LogP contribution in [0.2, 0.25) is 20.1 Å². The highest BCUT2D eigenvalue weighted by molar-refractivity contribution is 6.31. The maximum atomic E-state index is 14.6. The standard InChI is InChI=1S/C55H48Cl4F10N14O10/c1-22-72-52(82(76-22)36-14-26(56)4-6-28(36)54(64,65)66)50-48(44(46(88)38(18-84)92-50)80-16-34(74-78-80)24-10-30(60)42(58)31(61)11-24)90-20-40(86)70-8-3-9-71-41(87)21-91-49-45(81-17-35(75-79-81)25-12-32(62)43(59)33(63)13-25)47(89)39(19-85)93-51(49)53-73-23(2)77-83(53)37-15-27(57)5-7-29(37)55(67,68)69/h4-7,10-17,38-39,44-51,84-85,88-89H,3,8-9,18-21H2,1-2H3,(H,70,86)(H,71,87)/t38-,39+,44+,45-,46+,47-,48-,49+,50-,51+. The summed E-state index contributed by atoms with van der Waals surface area (Å²) in [5, 5.41) is 72.2. The quantitative estimate of drug-likeness (QED) is 0.0247. The van der Waals surface area contributed by atoms with E-state index >= 15 is 0 Å². The van der Waals surface area contributed by atoms with Gasteiger partial charge in [-0.25, -0.2) is 46.3 Å². The van der Waals surface area contributed by atoms with Crippen molar-refractivity contribution in [2.24, 2.45) is 0 Å². The van der Waals surface area contributed by atoms with Gasteiger partial charge in [-0.15, -0.1) is 10.2 Å². The molecular formula is C55H48Cl4F10N14O10. The third-order valence-electron chi connectivity index (χ3n) is 14.7. The number of aliphatic hydroxyl groups is 4. The number of nitrogens with zero attached hydrogens (tertiary/aromatic N) is 12. The van der Waals surface area contributed by atoms with Gasteiger partial charge in [-0.2, -0.15) is 36.5 Å². The molecule has 2 amide bonds. The molecule has 0 bridgehead atoms. The van der Waals surface area contributed by atoms with Crippen LogP contribution in [0.25, 0.3) is 33.9 Å². The number of aliphatic hydroxyl groups excluding tert-OH is 4. The molecule has 4 aromatic heterocycles. The van der Waals surface area contributed by atoms with Gasteiger partial charge in [0.2, 0.25) is 11.8 Å². The van der Waals surface area contributed by atoms with Gasteiger partial charge in [0.05, 0.1) is 48.1 Å². The Kier molecular flexibility index (Phi) is 20.5. The first kappa shape index (κ1) is 68.4.